The Labute approximate surface area is 94.8 Å². The van der Waals surface area contributed by atoms with Crippen LogP contribution >= 0.6 is 0 Å². The second-order valence-electron chi connectivity index (χ2n) is 4.63. The number of H-pyrrole nitrogens is 1. The standard InChI is InChI=1S/C11H18N4O/c1-8-9(6-14-15-8)10(16)13-7-11(2-3-11)4-5-12/h6H,2-5,7,12H2,1H3,(H,13,16)(H,14,15). The van der Waals surface area contributed by atoms with Crippen LogP contribution in [-0.2, 0) is 0 Å². The molecule has 16 heavy (non-hydrogen) atoms. The predicted molar refractivity (Wildman–Crippen MR) is 61.0 cm³/mol. The Balaban J connectivity index is 1.87. The maximum absolute atomic E-state index is 11.8. The molecule has 2 rings (SSSR count). The van der Waals surface area contributed by atoms with Crippen LogP contribution in [0.15, 0.2) is 6.20 Å². The molecule has 1 aromatic heterocycles. The Kier molecular flexibility index (Phi) is 2.96. The fourth-order valence-corrected chi connectivity index (χ4v) is 1.94. The fraction of sp³-hybridized carbons (Fsp3) is 0.636. The quantitative estimate of drug-likeness (QED) is 0.681. The van der Waals surface area contributed by atoms with Crippen molar-refractivity contribution in [3.63, 3.8) is 0 Å². The number of nitrogens with two attached hydrogens (primary N) is 1. The number of hydrogen-bond donors (Lipinski definition) is 3. The highest BCUT2D eigenvalue weighted by Gasteiger charge is 2.41. The molecule has 0 saturated heterocycles. The minimum atomic E-state index is -0.0467. The summed E-state index contributed by atoms with van der Waals surface area (Å²) >= 11 is 0. The van der Waals surface area contributed by atoms with Crippen molar-refractivity contribution in [3.8, 4) is 0 Å². The first kappa shape index (κ1) is 11.1. The third kappa shape index (κ3) is 2.24. The molecule has 4 N–H and O–H groups in total. The first-order valence-electron chi connectivity index (χ1n) is 5.65. The Morgan fingerprint density at radius 2 is 2.44 bits per heavy atom. The van der Waals surface area contributed by atoms with E-state index in [0.717, 1.165) is 18.7 Å². The van der Waals surface area contributed by atoms with E-state index in [9.17, 15) is 4.79 Å². The number of amides is 1. The van der Waals surface area contributed by atoms with Crippen molar-refractivity contribution >= 4 is 5.91 Å². The van der Waals surface area contributed by atoms with Gasteiger partial charge in [-0.2, -0.15) is 5.10 Å². The van der Waals surface area contributed by atoms with Crippen LogP contribution in [0.4, 0.5) is 0 Å². The van der Waals surface area contributed by atoms with Crippen LogP contribution in [0.5, 0.6) is 0 Å². The van der Waals surface area contributed by atoms with E-state index in [1.165, 1.54) is 12.8 Å². The molecule has 0 aliphatic heterocycles. The molecule has 1 heterocycles. The molecule has 1 aliphatic rings. The van der Waals surface area contributed by atoms with Gasteiger partial charge in [0.25, 0.3) is 5.91 Å². The largest absolute Gasteiger partial charge is 0.351 e. The van der Waals surface area contributed by atoms with Crippen molar-refractivity contribution in [1.29, 1.82) is 0 Å². The highest BCUT2D eigenvalue weighted by molar-refractivity contribution is 5.94. The number of nitrogens with one attached hydrogen (secondary N) is 2. The SMILES string of the molecule is Cc1[nH]ncc1C(=O)NCC1(CCN)CC1. The van der Waals surface area contributed by atoms with E-state index < -0.39 is 0 Å². The summed E-state index contributed by atoms with van der Waals surface area (Å²) in [6.45, 7) is 3.27. The van der Waals surface area contributed by atoms with E-state index in [1.807, 2.05) is 6.92 Å². The van der Waals surface area contributed by atoms with Gasteiger partial charge in [-0.3, -0.25) is 9.89 Å². The summed E-state index contributed by atoms with van der Waals surface area (Å²) in [5.74, 6) is -0.0467. The van der Waals surface area contributed by atoms with Gasteiger partial charge in [0.05, 0.1) is 11.8 Å². The van der Waals surface area contributed by atoms with E-state index in [-0.39, 0.29) is 11.3 Å². The van der Waals surface area contributed by atoms with Crippen LogP contribution in [0.25, 0.3) is 0 Å². The minimum Gasteiger partial charge on any atom is -0.351 e. The molecule has 1 aliphatic carbocycles. The predicted octanol–water partition coefficient (Wildman–Crippen LogP) is 0.577. The summed E-state index contributed by atoms with van der Waals surface area (Å²) < 4.78 is 0. The summed E-state index contributed by atoms with van der Waals surface area (Å²) in [5.41, 5.74) is 7.27. The van der Waals surface area contributed by atoms with Gasteiger partial charge in [0.15, 0.2) is 0 Å². The van der Waals surface area contributed by atoms with Gasteiger partial charge in [0.2, 0.25) is 0 Å². The van der Waals surface area contributed by atoms with Gasteiger partial charge in [0.1, 0.15) is 0 Å². The molecular weight excluding hydrogens is 204 g/mol. The highest BCUT2D eigenvalue weighted by atomic mass is 16.1. The zero-order chi connectivity index (χ0) is 11.6. The van der Waals surface area contributed by atoms with Crippen molar-refractivity contribution in [2.45, 2.75) is 26.2 Å². The molecule has 1 amide bonds. The van der Waals surface area contributed by atoms with E-state index >= 15 is 0 Å². The summed E-state index contributed by atoms with van der Waals surface area (Å²) in [4.78, 5) is 11.8. The Hall–Kier alpha value is -1.36. The Bertz CT molecular complexity index is 381. The van der Waals surface area contributed by atoms with Gasteiger partial charge in [-0.05, 0) is 38.1 Å². The topological polar surface area (TPSA) is 83.8 Å². The number of nitrogens with zero attached hydrogens (tertiary/aromatic N) is 1. The van der Waals surface area contributed by atoms with Crippen LogP contribution in [-0.4, -0.2) is 29.2 Å². The van der Waals surface area contributed by atoms with E-state index in [0.29, 0.717) is 12.1 Å². The number of aryl methyl sites for hydroxylation is 1. The number of carbonyl (C=O) groups excluding carboxylic acids is 1. The van der Waals surface area contributed by atoms with Crippen LogP contribution in [0, 0.1) is 12.3 Å². The first-order chi connectivity index (χ1) is 7.67. The molecule has 5 heteroatoms. The zero-order valence-corrected chi connectivity index (χ0v) is 9.55. The number of aromatic amines is 1. The minimum absolute atomic E-state index is 0.0467. The Morgan fingerprint density at radius 3 is 2.94 bits per heavy atom. The van der Waals surface area contributed by atoms with Crippen LogP contribution in [0.2, 0.25) is 0 Å². The van der Waals surface area contributed by atoms with Crippen LogP contribution < -0.4 is 11.1 Å². The van der Waals surface area contributed by atoms with E-state index in [2.05, 4.69) is 15.5 Å². The van der Waals surface area contributed by atoms with Crippen molar-refractivity contribution in [3.05, 3.63) is 17.5 Å². The second-order valence-corrected chi connectivity index (χ2v) is 4.63. The summed E-state index contributed by atoms with van der Waals surface area (Å²) in [5, 5.41) is 9.55. The molecule has 0 atom stereocenters. The molecule has 0 unspecified atom stereocenters. The van der Waals surface area contributed by atoms with Crippen molar-refractivity contribution < 1.29 is 4.79 Å². The van der Waals surface area contributed by atoms with Crippen molar-refractivity contribution in [2.24, 2.45) is 11.1 Å². The molecule has 1 aromatic rings. The molecular formula is C11H18N4O. The third-order valence-corrected chi connectivity index (χ3v) is 3.33. The summed E-state index contributed by atoms with van der Waals surface area (Å²) in [7, 11) is 0. The maximum Gasteiger partial charge on any atom is 0.254 e. The van der Waals surface area contributed by atoms with Crippen LogP contribution in [0.1, 0.15) is 35.3 Å². The molecule has 1 saturated carbocycles. The molecule has 0 bridgehead atoms. The van der Waals surface area contributed by atoms with Gasteiger partial charge in [-0.1, -0.05) is 0 Å². The fourth-order valence-electron chi connectivity index (χ4n) is 1.94. The van der Waals surface area contributed by atoms with Crippen LogP contribution in [0.3, 0.4) is 0 Å². The van der Waals surface area contributed by atoms with Gasteiger partial charge < -0.3 is 11.1 Å². The molecule has 1 fully saturated rings. The van der Waals surface area contributed by atoms with Gasteiger partial charge in [0, 0.05) is 12.2 Å². The lowest BCUT2D eigenvalue weighted by Gasteiger charge is -2.14. The summed E-state index contributed by atoms with van der Waals surface area (Å²) in [6.07, 6.45) is 4.91. The lowest BCUT2D eigenvalue weighted by Crippen LogP contribution is -2.31. The normalized spacial score (nSPS) is 17.1. The van der Waals surface area contributed by atoms with E-state index in [1.54, 1.807) is 6.20 Å². The summed E-state index contributed by atoms with van der Waals surface area (Å²) in [6, 6.07) is 0. The lowest BCUT2D eigenvalue weighted by atomic mass is 10.0. The molecule has 0 aromatic carbocycles. The van der Waals surface area contributed by atoms with Crippen molar-refractivity contribution in [2.75, 3.05) is 13.1 Å². The lowest BCUT2D eigenvalue weighted by molar-refractivity contribution is 0.0943. The number of aromatic nitrogens is 2. The molecule has 88 valence electrons. The Morgan fingerprint density at radius 1 is 1.69 bits per heavy atom. The number of hydrogen-bond acceptors (Lipinski definition) is 3. The third-order valence-electron chi connectivity index (χ3n) is 3.33. The van der Waals surface area contributed by atoms with E-state index in [4.69, 9.17) is 5.73 Å². The number of rotatable bonds is 5. The van der Waals surface area contributed by atoms with Gasteiger partial charge in [-0.15, -0.1) is 0 Å². The monoisotopic (exact) mass is 222 g/mol. The van der Waals surface area contributed by atoms with Crippen molar-refractivity contribution in [1.82, 2.24) is 15.5 Å². The smallest absolute Gasteiger partial charge is 0.254 e. The number of carbonyl (C=O) groups is 1. The maximum atomic E-state index is 11.8. The van der Waals surface area contributed by atoms with Gasteiger partial charge in [-0.25, -0.2) is 0 Å². The highest BCUT2D eigenvalue weighted by Crippen LogP contribution is 2.47. The van der Waals surface area contributed by atoms with Gasteiger partial charge >= 0.3 is 0 Å². The first-order valence-corrected chi connectivity index (χ1v) is 5.65. The average molecular weight is 222 g/mol. The molecule has 0 spiro atoms. The molecule has 5 nitrogen and oxygen atoms in total. The zero-order valence-electron chi connectivity index (χ0n) is 9.55. The second kappa shape index (κ2) is 4.25. The average Bonchev–Trinajstić information content (AvgIpc) is 2.89. The molecule has 0 radical (unpaired) electrons.